The molecule has 1 heterocycles. The van der Waals surface area contributed by atoms with E-state index in [0.29, 0.717) is 0 Å². The number of piperazine rings is 1. The number of hydrogen-bond donors (Lipinski definition) is 1. The third-order valence-corrected chi connectivity index (χ3v) is 8.55. The number of nitrogens with one attached hydrogen (secondary N) is 1. The minimum absolute atomic E-state index is 0.0471. The first kappa shape index (κ1) is 22.2. The average Bonchev–Trinajstić information content (AvgIpc) is 2.78. The number of carbonyl (C=O) groups excluding carboxylic acids is 1. The van der Waals surface area contributed by atoms with Gasteiger partial charge in [0.1, 0.15) is 6.04 Å². The van der Waals surface area contributed by atoms with E-state index in [2.05, 4.69) is 11.9 Å². The van der Waals surface area contributed by atoms with Crippen LogP contribution in [-0.4, -0.2) is 63.6 Å². The van der Waals surface area contributed by atoms with Crippen LogP contribution in [-0.2, 0) is 24.8 Å². The first-order valence-electron chi connectivity index (χ1n) is 9.29. The molecule has 0 aromatic heterocycles. The van der Waals surface area contributed by atoms with E-state index in [9.17, 15) is 21.6 Å². The maximum atomic E-state index is 13.2. The topological polar surface area (TPSA) is 104 Å². The van der Waals surface area contributed by atoms with Crippen LogP contribution in [0.25, 0.3) is 0 Å². The van der Waals surface area contributed by atoms with Gasteiger partial charge in [-0.15, -0.1) is 6.58 Å². The lowest BCUT2D eigenvalue weighted by atomic mass is 10.2. The van der Waals surface area contributed by atoms with Crippen molar-refractivity contribution in [3.8, 4) is 0 Å². The molecule has 1 atom stereocenters. The fourth-order valence-electron chi connectivity index (χ4n) is 3.22. The van der Waals surface area contributed by atoms with Gasteiger partial charge < -0.3 is 5.32 Å². The first-order chi connectivity index (χ1) is 14.3. The number of carbonyl (C=O) groups is 1. The number of benzene rings is 2. The lowest BCUT2D eigenvalue weighted by Crippen LogP contribution is -2.61. The Morgan fingerprint density at radius 1 is 0.933 bits per heavy atom. The second kappa shape index (κ2) is 9.09. The van der Waals surface area contributed by atoms with Crippen molar-refractivity contribution >= 4 is 26.0 Å². The summed E-state index contributed by atoms with van der Waals surface area (Å²) >= 11 is 0. The van der Waals surface area contributed by atoms with Gasteiger partial charge in [-0.1, -0.05) is 42.5 Å². The van der Waals surface area contributed by atoms with E-state index in [-0.39, 0.29) is 36.0 Å². The van der Waals surface area contributed by atoms with Crippen molar-refractivity contribution in [1.82, 2.24) is 13.9 Å². The normalized spacial score (nSPS) is 18.6. The molecule has 3 rings (SSSR count). The SMILES string of the molecule is C=CCNC(=O)[C@@H]1CN(S(=O)(=O)c2ccccc2)CCN1S(=O)(=O)c1ccccc1. The number of rotatable bonds is 7. The minimum atomic E-state index is -3.99. The van der Waals surface area contributed by atoms with E-state index in [1.165, 1.54) is 30.3 Å². The van der Waals surface area contributed by atoms with E-state index in [1.807, 2.05) is 0 Å². The predicted molar refractivity (Wildman–Crippen MR) is 113 cm³/mol. The highest BCUT2D eigenvalue weighted by molar-refractivity contribution is 7.89. The van der Waals surface area contributed by atoms with Crippen molar-refractivity contribution < 1.29 is 21.6 Å². The highest BCUT2D eigenvalue weighted by atomic mass is 32.2. The van der Waals surface area contributed by atoms with Gasteiger partial charge in [-0.25, -0.2) is 16.8 Å². The Morgan fingerprint density at radius 2 is 1.47 bits per heavy atom. The fourth-order valence-corrected chi connectivity index (χ4v) is 6.27. The van der Waals surface area contributed by atoms with Gasteiger partial charge in [0.2, 0.25) is 26.0 Å². The van der Waals surface area contributed by atoms with Gasteiger partial charge in [0.25, 0.3) is 0 Å². The summed E-state index contributed by atoms with van der Waals surface area (Å²) in [5.41, 5.74) is 0. The van der Waals surface area contributed by atoms with Crippen molar-refractivity contribution in [3.63, 3.8) is 0 Å². The zero-order valence-corrected chi connectivity index (χ0v) is 17.8. The van der Waals surface area contributed by atoms with Crippen LogP contribution in [0.2, 0.25) is 0 Å². The molecule has 0 bridgehead atoms. The van der Waals surface area contributed by atoms with Crippen LogP contribution >= 0.6 is 0 Å². The van der Waals surface area contributed by atoms with Crippen LogP contribution in [0.15, 0.2) is 83.1 Å². The Kier molecular flexibility index (Phi) is 6.71. The molecule has 1 N–H and O–H groups in total. The number of amides is 1. The maximum absolute atomic E-state index is 13.2. The zero-order chi connectivity index (χ0) is 21.8. The van der Waals surface area contributed by atoms with Gasteiger partial charge in [-0.2, -0.15) is 8.61 Å². The lowest BCUT2D eigenvalue weighted by Gasteiger charge is -2.38. The Bertz CT molecular complexity index is 1100. The summed E-state index contributed by atoms with van der Waals surface area (Å²) in [6.07, 6.45) is 1.47. The van der Waals surface area contributed by atoms with Crippen LogP contribution in [0.4, 0.5) is 0 Å². The molecule has 1 aliphatic rings. The van der Waals surface area contributed by atoms with Crippen LogP contribution in [0.5, 0.6) is 0 Å². The second-order valence-electron chi connectivity index (χ2n) is 6.65. The molecule has 0 spiro atoms. The van der Waals surface area contributed by atoms with E-state index in [0.717, 1.165) is 8.61 Å². The summed E-state index contributed by atoms with van der Waals surface area (Å²) in [4.78, 5) is 12.9. The third kappa shape index (κ3) is 4.46. The van der Waals surface area contributed by atoms with E-state index in [4.69, 9.17) is 0 Å². The molecule has 8 nitrogen and oxygen atoms in total. The average molecular weight is 450 g/mol. The summed E-state index contributed by atoms with van der Waals surface area (Å²) in [7, 11) is -7.86. The molecule has 30 heavy (non-hydrogen) atoms. The summed E-state index contributed by atoms with van der Waals surface area (Å²) in [6.45, 7) is 3.18. The predicted octanol–water partition coefficient (Wildman–Crippen LogP) is 1.05. The lowest BCUT2D eigenvalue weighted by molar-refractivity contribution is -0.125. The Balaban J connectivity index is 1.95. The molecule has 2 aromatic rings. The highest BCUT2D eigenvalue weighted by Gasteiger charge is 2.43. The Morgan fingerprint density at radius 3 is 2.00 bits per heavy atom. The molecule has 0 aliphatic carbocycles. The van der Waals surface area contributed by atoms with Gasteiger partial charge >= 0.3 is 0 Å². The summed E-state index contributed by atoms with van der Waals surface area (Å²) in [5.74, 6) is -0.581. The molecule has 1 amide bonds. The number of nitrogens with zero attached hydrogens (tertiary/aromatic N) is 2. The molecule has 1 aliphatic heterocycles. The molecule has 0 radical (unpaired) electrons. The van der Waals surface area contributed by atoms with Crippen LogP contribution in [0, 0.1) is 0 Å². The van der Waals surface area contributed by atoms with E-state index in [1.54, 1.807) is 36.4 Å². The molecule has 0 unspecified atom stereocenters. The smallest absolute Gasteiger partial charge is 0.243 e. The van der Waals surface area contributed by atoms with Crippen molar-refractivity contribution in [2.45, 2.75) is 15.8 Å². The van der Waals surface area contributed by atoms with Crippen LogP contribution in [0.1, 0.15) is 0 Å². The van der Waals surface area contributed by atoms with Gasteiger partial charge in [0, 0.05) is 26.2 Å². The van der Waals surface area contributed by atoms with E-state index >= 15 is 0 Å². The number of sulfonamides is 2. The van der Waals surface area contributed by atoms with Gasteiger partial charge in [-0.3, -0.25) is 4.79 Å². The first-order valence-corrected chi connectivity index (χ1v) is 12.2. The minimum Gasteiger partial charge on any atom is -0.351 e. The van der Waals surface area contributed by atoms with Crippen molar-refractivity contribution in [2.75, 3.05) is 26.2 Å². The molecule has 0 saturated carbocycles. The van der Waals surface area contributed by atoms with Gasteiger partial charge in [-0.05, 0) is 24.3 Å². The Labute approximate surface area is 176 Å². The molecule has 160 valence electrons. The zero-order valence-electron chi connectivity index (χ0n) is 16.2. The molecular weight excluding hydrogens is 426 g/mol. The maximum Gasteiger partial charge on any atom is 0.243 e. The van der Waals surface area contributed by atoms with Crippen LogP contribution < -0.4 is 5.32 Å². The summed E-state index contributed by atoms with van der Waals surface area (Å²) in [5, 5.41) is 2.58. The molecule has 2 aromatic carbocycles. The molecule has 1 fully saturated rings. The fraction of sp³-hybridized carbons (Fsp3) is 0.250. The molecule has 1 saturated heterocycles. The van der Waals surface area contributed by atoms with Gasteiger partial charge in [0.05, 0.1) is 9.79 Å². The van der Waals surface area contributed by atoms with Crippen molar-refractivity contribution in [1.29, 1.82) is 0 Å². The van der Waals surface area contributed by atoms with Crippen molar-refractivity contribution in [2.24, 2.45) is 0 Å². The van der Waals surface area contributed by atoms with Gasteiger partial charge in [0.15, 0.2) is 0 Å². The largest absolute Gasteiger partial charge is 0.351 e. The molecular formula is C20H23N3O5S2. The standard InChI is InChI=1S/C20H23N3O5S2/c1-2-13-21-20(24)19-16-22(29(25,26)17-9-5-3-6-10-17)14-15-23(19)30(27,28)18-11-7-4-8-12-18/h2-12,19H,1,13-16H2,(H,21,24)/t19-/m0/s1. The Hall–Kier alpha value is -2.53. The van der Waals surface area contributed by atoms with Crippen LogP contribution in [0.3, 0.4) is 0 Å². The quantitative estimate of drug-likeness (QED) is 0.637. The monoisotopic (exact) mass is 449 g/mol. The van der Waals surface area contributed by atoms with E-state index < -0.39 is 32.0 Å². The summed E-state index contributed by atoms with van der Waals surface area (Å²) in [6, 6.07) is 14.4. The highest BCUT2D eigenvalue weighted by Crippen LogP contribution is 2.25. The number of hydrogen-bond acceptors (Lipinski definition) is 5. The second-order valence-corrected chi connectivity index (χ2v) is 10.5. The summed E-state index contributed by atoms with van der Waals surface area (Å²) < 4.78 is 54.5. The third-order valence-electron chi connectivity index (χ3n) is 4.75. The molecule has 10 heteroatoms. The van der Waals surface area contributed by atoms with Crippen molar-refractivity contribution in [3.05, 3.63) is 73.3 Å².